The maximum Gasteiger partial charge on any atom is 0.317 e. The second-order valence-corrected chi connectivity index (χ2v) is 6.00. The third-order valence-corrected chi connectivity index (χ3v) is 4.76. The van der Waals surface area contributed by atoms with Gasteiger partial charge in [-0.25, -0.2) is 4.79 Å². The van der Waals surface area contributed by atoms with Gasteiger partial charge in [-0.3, -0.25) is 0 Å². The van der Waals surface area contributed by atoms with E-state index in [-0.39, 0.29) is 11.4 Å². The summed E-state index contributed by atoms with van der Waals surface area (Å²) in [6.45, 7) is 0.771. The topological polar surface area (TPSA) is 32.3 Å². The van der Waals surface area contributed by atoms with Crippen LogP contribution in [0.15, 0.2) is 30.3 Å². The highest BCUT2D eigenvalue weighted by molar-refractivity contribution is 5.74. The highest BCUT2D eigenvalue weighted by Crippen LogP contribution is 2.47. The molecule has 3 nitrogen and oxygen atoms in total. The molecule has 0 heterocycles. The maximum absolute atomic E-state index is 12.1. The molecule has 1 aromatic rings. The predicted octanol–water partition coefficient (Wildman–Crippen LogP) is 2.91. The van der Waals surface area contributed by atoms with Crippen molar-refractivity contribution in [2.45, 2.75) is 43.6 Å². The number of carbonyl (C=O) groups is 1. The number of benzene rings is 1. The lowest BCUT2D eigenvalue weighted by Crippen LogP contribution is -2.48. The molecule has 0 radical (unpaired) electrons. The first-order chi connectivity index (χ1) is 9.21. The number of amides is 2. The van der Waals surface area contributed by atoms with E-state index in [1.807, 2.05) is 18.0 Å². The molecule has 2 amide bonds. The molecular formula is C16H22N2O. The number of nitrogens with one attached hydrogen (secondary N) is 1. The van der Waals surface area contributed by atoms with Gasteiger partial charge in [0.05, 0.1) is 0 Å². The van der Waals surface area contributed by atoms with Gasteiger partial charge in [-0.1, -0.05) is 30.3 Å². The molecule has 0 bridgehead atoms. The van der Waals surface area contributed by atoms with Crippen molar-refractivity contribution >= 4 is 6.03 Å². The molecule has 102 valence electrons. The van der Waals surface area contributed by atoms with Gasteiger partial charge in [0.1, 0.15) is 0 Å². The van der Waals surface area contributed by atoms with Crippen LogP contribution >= 0.6 is 0 Å². The summed E-state index contributed by atoms with van der Waals surface area (Å²) in [7, 11) is 1.92. The SMILES string of the molecule is CN(C(=O)NCC1(c2ccccc2)CC1)C1CCC1. The molecule has 2 aliphatic rings. The first-order valence-corrected chi connectivity index (χ1v) is 7.27. The lowest BCUT2D eigenvalue weighted by atomic mass is 9.92. The second kappa shape index (κ2) is 4.87. The zero-order valence-corrected chi connectivity index (χ0v) is 11.6. The Morgan fingerprint density at radius 2 is 2.00 bits per heavy atom. The lowest BCUT2D eigenvalue weighted by molar-refractivity contribution is 0.157. The highest BCUT2D eigenvalue weighted by atomic mass is 16.2. The molecule has 0 spiro atoms. The smallest absolute Gasteiger partial charge is 0.317 e. The molecule has 0 atom stereocenters. The van der Waals surface area contributed by atoms with E-state index in [9.17, 15) is 4.79 Å². The summed E-state index contributed by atoms with van der Waals surface area (Å²) in [6, 6.07) is 11.1. The Bertz CT molecular complexity index is 449. The number of carbonyl (C=O) groups excluding carboxylic acids is 1. The van der Waals surface area contributed by atoms with Gasteiger partial charge in [0.2, 0.25) is 0 Å². The van der Waals surface area contributed by atoms with Crippen LogP contribution in [0.3, 0.4) is 0 Å². The van der Waals surface area contributed by atoms with Gasteiger partial charge in [0.25, 0.3) is 0 Å². The van der Waals surface area contributed by atoms with Crippen molar-refractivity contribution in [2.24, 2.45) is 0 Å². The summed E-state index contributed by atoms with van der Waals surface area (Å²) in [4.78, 5) is 14.0. The van der Waals surface area contributed by atoms with E-state index in [0.29, 0.717) is 6.04 Å². The maximum atomic E-state index is 12.1. The van der Waals surface area contributed by atoms with Crippen LogP contribution in [-0.4, -0.2) is 30.6 Å². The third-order valence-electron chi connectivity index (χ3n) is 4.76. The minimum absolute atomic E-state index is 0.0897. The van der Waals surface area contributed by atoms with E-state index in [4.69, 9.17) is 0 Å². The van der Waals surface area contributed by atoms with Gasteiger partial charge in [-0.05, 0) is 37.7 Å². The average Bonchev–Trinajstić information content (AvgIpc) is 3.16. The highest BCUT2D eigenvalue weighted by Gasteiger charge is 2.44. The molecular weight excluding hydrogens is 236 g/mol. The Balaban J connectivity index is 1.56. The Hall–Kier alpha value is -1.51. The zero-order valence-electron chi connectivity index (χ0n) is 11.6. The second-order valence-electron chi connectivity index (χ2n) is 6.00. The molecule has 0 aromatic heterocycles. The Labute approximate surface area is 115 Å². The standard InChI is InChI=1S/C16H22N2O/c1-18(14-8-5-9-14)15(19)17-12-16(10-11-16)13-6-3-2-4-7-13/h2-4,6-7,14H,5,8-12H2,1H3,(H,17,19). The monoisotopic (exact) mass is 258 g/mol. The van der Waals surface area contributed by atoms with Crippen LogP contribution in [0.1, 0.15) is 37.7 Å². The molecule has 3 rings (SSSR count). The van der Waals surface area contributed by atoms with E-state index in [1.165, 1.54) is 24.8 Å². The predicted molar refractivity (Wildman–Crippen MR) is 76.2 cm³/mol. The molecule has 0 saturated heterocycles. The third kappa shape index (κ3) is 2.46. The number of nitrogens with zero attached hydrogens (tertiary/aromatic N) is 1. The van der Waals surface area contributed by atoms with Crippen LogP contribution in [0.5, 0.6) is 0 Å². The molecule has 2 fully saturated rings. The van der Waals surface area contributed by atoms with Crippen molar-refractivity contribution in [3.05, 3.63) is 35.9 Å². The van der Waals surface area contributed by atoms with Gasteiger partial charge in [-0.2, -0.15) is 0 Å². The van der Waals surface area contributed by atoms with Gasteiger partial charge >= 0.3 is 6.03 Å². The van der Waals surface area contributed by atoms with E-state index < -0.39 is 0 Å². The van der Waals surface area contributed by atoms with Crippen LogP contribution in [0.2, 0.25) is 0 Å². The summed E-state index contributed by atoms with van der Waals surface area (Å²) in [5.74, 6) is 0. The number of rotatable bonds is 4. The minimum Gasteiger partial charge on any atom is -0.337 e. The molecule has 0 aliphatic heterocycles. The normalized spacial score (nSPS) is 20.5. The van der Waals surface area contributed by atoms with Crippen molar-refractivity contribution in [1.82, 2.24) is 10.2 Å². The van der Waals surface area contributed by atoms with E-state index in [1.54, 1.807) is 0 Å². The Morgan fingerprint density at radius 1 is 1.32 bits per heavy atom. The lowest BCUT2D eigenvalue weighted by Gasteiger charge is -2.35. The first kappa shape index (κ1) is 12.5. The summed E-state index contributed by atoms with van der Waals surface area (Å²) in [5.41, 5.74) is 1.57. The van der Waals surface area contributed by atoms with E-state index in [2.05, 4.69) is 29.6 Å². The fourth-order valence-electron chi connectivity index (χ4n) is 2.82. The largest absolute Gasteiger partial charge is 0.337 e. The van der Waals surface area contributed by atoms with Crippen LogP contribution < -0.4 is 5.32 Å². The van der Waals surface area contributed by atoms with Crippen molar-refractivity contribution in [3.63, 3.8) is 0 Å². The van der Waals surface area contributed by atoms with E-state index in [0.717, 1.165) is 19.4 Å². The zero-order chi connectivity index (χ0) is 13.3. The number of hydrogen-bond acceptors (Lipinski definition) is 1. The molecule has 0 unspecified atom stereocenters. The van der Waals surface area contributed by atoms with Gasteiger partial charge in [0.15, 0.2) is 0 Å². The van der Waals surface area contributed by atoms with Gasteiger partial charge < -0.3 is 10.2 Å². The Morgan fingerprint density at radius 3 is 2.53 bits per heavy atom. The van der Waals surface area contributed by atoms with Crippen molar-refractivity contribution in [2.75, 3.05) is 13.6 Å². The van der Waals surface area contributed by atoms with Crippen LogP contribution in [0, 0.1) is 0 Å². The molecule has 19 heavy (non-hydrogen) atoms. The van der Waals surface area contributed by atoms with Crippen molar-refractivity contribution in [3.8, 4) is 0 Å². The minimum atomic E-state index is 0.0897. The summed E-state index contributed by atoms with van der Waals surface area (Å²) < 4.78 is 0. The van der Waals surface area contributed by atoms with Gasteiger partial charge in [0, 0.05) is 25.0 Å². The summed E-state index contributed by atoms with van der Waals surface area (Å²) in [6.07, 6.45) is 5.95. The van der Waals surface area contributed by atoms with Crippen molar-refractivity contribution in [1.29, 1.82) is 0 Å². The number of hydrogen-bond donors (Lipinski definition) is 1. The molecule has 3 heteroatoms. The first-order valence-electron chi connectivity index (χ1n) is 7.27. The van der Waals surface area contributed by atoms with Crippen LogP contribution in [0.4, 0.5) is 4.79 Å². The molecule has 2 saturated carbocycles. The van der Waals surface area contributed by atoms with Gasteiger partial charge in [-0.15, -0.1) is 0 Å². The quantitative estimate of drug-likeness (QED) is 0.885. The fraction of sp³-hybridized carbons (Fsp3) is 0.562. The molecule has 2 aliphatic carbocycles. The van der Waals surface area contributed by atoms with Crippen molar-refractivity contribution < 1.29 is 4.79 Å². The van der Waals surface area contributed by atoms with E-state index >= 15 is 0 Å². The fourth-order valence-corrected chi connectivity index (χ4v) is 2.82. The Kier molecular flexibility index (Phi) is 3.21. The van der Waals surface area contributed by atoms with Crippen LogP contribution in [-0.2, 0) is 5.41 Å². The average molecular weight is 258 g/mol. The summed E-state index contributed by atoms with van der Waals surface area (Å²) >= 11 is 0. The molecule has 1 aromatic carbocycles. The number of urea groups is 1. The molecule has 1 N–H and O–H groups in total. The summed E-state index contributed by atoms with van der Waals surface area (Å²) in [5, 5.41) is 3.12. The van der Waals surface area contributed by atoms with Crippen LogP contribution in [0.25, 0.3) is 0 Å².